The summed E-state index contributed by atoms with van der Waals surface area (Å²) in [6.45, 7) is -0.313. The third kappa shape index (κ3) is 3.35. The van der Waals surface area contributed by atoms with E-state index in [1.54, 1.807) is 30.3 Å². The predicted octanol–water partition coefficient (Wildman–Crippen LogP) is 2.01. The van der Waals surface area contributed by atoms with Gasteiger partial charge < -0.3 is 15.2 Å². The average Bonchev–Trinajstić information content (AvgIpc) is 2.53. The van der Waals surface area contributed by atoms with Crippen LogP contribution in [0.25, 0.3) is 11.1 Å². The van der Waals surface area contributed by atoms with Crippen LogP contribution in [0.2, 0.25) is 5.02 Å². The van der Waals surface area contributed by atoms with Gasteiger partial charge in [0.05, 0.1) is 7.11 Å². The quantitative estimate of drug-likeness (QED) is 0.841. The Morgan fingerprint density at radius 1 is 1.27 bits per heavy atom. The van der Waals surface area contributed by atoms with Crippen molar-refractivity contribution >= 4 is 23.5 Å². The summed E-state index contributed by atoms with van der Waals surface area (Å²) in [6.07, 6.45) is 1.38. The van der Waals surface area contributed by atoms with E-state index >= 15 is 0 Å². The van der Waals surface area contributed by atoms with Crippen molar-refractivity contribution in [3.8, 4) is 16.9 Å². The number of aromatic nitrogens is 1. The zero-order chi connectivity index (χ0) is 16.1. The predicted molar refractivity (Wildman–Crippen MR) is 80.7 cm³/mol. The number of halogens is 1. The summed E-state index contributed by atoms with van der Waals surface area (Å²) in [5.41, 5.74) is 0.760. The molecular weight excluding hydrogens is 308 g/mol. The number of esters is 1. The zero-order valence-corrected chi connectivity index (χ0v) is 12.4. The Labute approximate surface area is 131 Å². The molecule has 0 aliphatic carbocycles. The number of nitrogens with one attached hydrogen (secondary N) is 1. The number of hydrogen-bond donors (Lipinski definition) is 2. The molecule has 0 atom stereocenters. The first-order chi connectivity index (χ1) is 10.5. The van der Waals surface area contributed by atoms with Crippen LogP contribution >= 0.6 is 11.6 Å². The van der Waals surface area contributed by atoms with Crippen molar-refractivity contribution in [1.82, 2.24) is 10.3 Å². The van der Waals surface area contributed by atoms with Crippen LogP contribution < -0.4 is 5.32 Å². The zero-order valence-electron chi connectivity index (χ0n) is 11.7. The molecule has 0 spiro atoms. The molecule has 1 aromatic carbocycles. The van der Waals surface area contributed by atoms with Crippen LogP contribution in [-0.4, -0.2) is 35.6 Å². The van der Waals surface area contributed by atoms with Gasteiger partial charge >= 0.3 is 5.97 Å². The number of amides is 1. The lowest BCUT2D eigenvalue weighted by Crippen LogP contribution is -2.30. The second-order valence-electron chi connectivity index (χ2n) is 4.29. The molecule has 2 aromatic rings. The van der Waals surface area contributed by atoms with Crippen LogP contribution in [0, 0.1) is 0 Å². The summed E-state index contributed by atoms with van der Waals surface area (Å²) in [4.78, 5) is 26.8. The second-order valence-corrected chi connectivity index (χ2v) is 4.70. The maximum Gasteiger partial charge on any atom is 0.325 e. The number of benzene rings is 1. The molecule has 0 saturated carbocycles. The van der Waals surface area contributed by atoms with Crippen molar-refractivity contribution in [2.45, 2.75) is 0 Å². The Bertz CT molecular complexity index is 718. The van der Waals surface area contributed by atoms with Gasteiger partial charge in [0.25, 0.3) is 5.91 Å². The fraction of sp³-hybridized carbons (Fsp3) is 0.133. The van der Waals surface area contributed by atoms with E-state index in [4.69, 9.17) is 11.6 Å². The SMILES string of the molecule is COC(=O)CNC(=O)c1nccc(-c2ccccc2Cl)c1O. The van der Waals surface area contributed by atoms with Gasteiger partial charge in [-0.3, -0.25) is 9.59 Å². The molecule has 7 heteroatoms. The van der Waals surface area contributed by atoms with Gasteiger partial charge in [-0.2, -0.15) is 0 Å². The number of ether oxygens (including phenoxy) is 1. The Morgan fingerprint density at radius 3 is 2.68 bits per heavy atom. The van der Waals surface area contributed by atoms with Crippen molar-refractivity contribution in [1.29, 1.82) is 0 Å². The van der Waals surface area contributed by atoms with Gasteiger partial charge in [0.1, 0.15) is 6.54 Å². The van der Waals surface area contributed by atoms with Crippen molar-refractivity contribution in [2.24, 2.45) is 0 Å². The first-order valence-electron chi connectivity index (χ1n) is 6.32. The number of nitrogens with zero attached hydrogens (tertiary/aromatic N) is 1. The number of methoxy groups -OCH3 is 1. The lowest BCUT2D eigenvalue weighted by molar-refractivity contribution is -0.139. The molecule has 0 bridgehead atoms. The summed E-state index contributed by atoms with van der Waals surface area (Å²) < 4.78 is 4.42. The van der Waals surface area contributed by atoms with Gasteiger partial charge in [-0.15, -0.1) is 0 Å². The molecule has 0 fully saturated rings. The molecule has 114 valence electrons. The van der Waals surface area contributed by atoms with E-state index in [0.717, 1.165) is 0 Å². The van der Waals surface area contributed by atoms with Gasteiger partial charge in [-0.1, -0.05) is 29.8 Å². The molecular formula is C15H13ClN2O4. The molecule has 6 nitrogen and oxygen atoms in total. The molecule has 1 heterocycles. The van der Waals surface area contributed by atoms with Crippen LogP contribution in [0.15, 0.2) is 36.5 Å². The maximum atomic E-state index is 12.0. The van der Waals surface area contributed by atoms with Crippen molar-refractivity contribution < 1.29 is 19.4 Å². The molecule has 0 saturated heterocycles. The van der Waals surface area contributed by atoms with Crippen LogP contribution in [0.1, 0.15) is 10.5 Å². The molecule has 0 aliphatic heterocycles. The second kappa shape index (κ2) is 6.91. The van der Waals surface area contributed by atoms with E-state index < -0.39 is 11.9 Å². The number of pyridine rings is 1. The van der Waals surface area contributed by atoms with Crippen LogP contribution in [0.4, 0.5) is 0 Å². The highest BCUT2D eigenvalue weighted by Gasteiger charge is 2.18. The molecule has 0 unspecified atom stereocenters. The van der Waals surface area contributed by atoms with E-state index in [9.17, 15) is 14.7 Å². The summed E-state index contributed by atoms with van der Waals surface area (Å²) in [5.74, 6) is -1.59. The van der Waals surface area contributed by atoms with Crippen molar-refractivity contribution in [3.05, 3.63) is 47.2 Å². The third-order valence-electron chi connectivity index (χ3n) is 2.92. The summed E-state index contributed by atoms with van der Waals surface area (Å²) in [5, 5.41) is 13.0. The van der Waals surface area contributed by atoms with Gasteiger partial charge in [0.2, 0.25) is 0 Å². The molecule has 2 N–H and O–H groups in total. The Kier molecular flexibility index (Phi) is 4.95. The number of hydrogen-bond acceptors (Lipinski definition) is 5. The average molecular weight is 321 g/mol. The van der Waals surface area contributed by atoms with E-state index in [-0.39, 0.29) is 18.0 Å². The number of carbonyl (C=O) groups is 2. The highest BCUT2D eigenvalue weighted by Crippen LogP contribution is 2.35. The first-order valence-corrected chi connectivity index (χ1v) is 6.70. The molecule has 22 heavy (non-hydrogen) atoms. The Morgan fingerprint density at radius 2 is 2.00 bits per heavy atom. The van der Waals surface area contributed by atoms with Crippen LogP contribution in [-0.2, 0) is 9.53 Å². The summed E-state index contributed by atoms with van der Waals surface area (Å²) in [7, 11) is 1.21. The molecule has 1 aromatic heterocycles. The highest BCUT2D eigenvalue weighted by atomic mass is 35.5. The monoisotopic (exact) mass is 320 g/mol. The normalized spacial score (nSPS) is 10.1. The molecule has 1 amide bonds. The first kappa shape index (κ1) is 15.8. The number of carbonyl (C=O) groups excluding carboxylic acids is 2. The van der Waals surface area contributed by atoms with E-state index in [1.165, 1.54) is 13.3 Å². The summed E-state index contributed by atoms with van der Waals surface area (Å²) in [6, 6.07) is 8.46. The van der Waals surface area contributed by atoms with E-state index in [1.807, 2.05) is 0 Å². The van der Waals surface area contributed by atoms with Gasteiger partial charge in [0, 0.05) is 22.3 Å². The Balaban J connectivity index is 2.32. The smallest absolute Gasteiger partial charge is 0.325 e. The number of aromatic hydroxyl groups is 1. The maximum absolute atomic E-state index is 12.0. The minimum Gasteiger partial charge on any atom is -0.505 e. The summed E-state index contributed by atoms with van der Waals surface area (Å²) >= 11 is 6.09. The van der Waals surface area contributed by atoms with E-state index in [2.05, 4.69) is 15.0 Å². The van der Waals surface area contributed by atoms with Crippen LogP contribution in [0.5, 0.6) is 5.75 Å². The fourth-order valence-corrected chi connectivity index (χ4v) is 2.06. The molecule has 0 aliphatic rings. The minimum absolute atomic E-state index is 0.193. The highest BCUT2D eigenvalue weighted by molar-refractivity contribution is 6.33. The van der Waals surface area contributed by atoms with Gasteiger partial charge in [-0.25, -0.2) is 4.98 Å². The lowest BCUT2D eigenvalue weighted by atomic mass is 10.0. The topological polar surface area (TPSA) is 88.5 Å². The Hall–Kier alpha value is -2.60. The molecule has 2 rings (SSSR count). The fourth-order valence-electron chi connectivity index (χ4n) is 1.83. The molecule has 0 radical (unpaired) electrons. The van der Waals surface area contributed by atoms with Crippen molar-refractivity contribution in [2.75, 3.05) is 13.7 Å². The standard InChI is InChI=1S/C15H13ClN2O4/c1-22-12(19)8-18-15(21)13-14(20)10(6-7-17-13)9-4-2-3-5-11(9)16/h2-7,20H,8H2,1H3,(H,18,21). The number of rotatable bonds is 4. The third-order valence-corrected chi connectivity index (χ3v) is 3.25. The van der Waals surface area contributed by atoms with E-state index in [0.29, 0.717) is 16.1 Å². The largest absolute Gasteiger partial charge is 0.505 e. The van der Waals surface area contributed by atoms with Crippen LogP contribution in [0.3, 0.4) is 0 Å². The minimum atomic E-state index is -0.684. The lowest BCUT2D eigenvalue weighted by Gasteiger charge is -2.10. The van der Waals surface area contributed by atoms with Gasteiger partial charge in [0.15, 0.2) is 11.4 Å². The van der Waals surface area contributed by atoms with Gasteiger partial charge in [-0.05, 0) is 12.1 Å². The van der Waals surface area contributed by atoms with Crippen molar-refractivity contribution in [3.63, 3.8) is 0 Å².